The van der Waals surface area contributed by atoms with Crippen LogP contribution in [0.5, 0.6) is 0 Å². The third-order valence-electron chi connectivity index (χ3n) is 5.33. The van der Waals surface area contributed by atoms with E-state index >= 15 is 0 Å². The van der Waals surface area contributed by atoms with Gasteiger partial charge in [-0.3, -0.25) is 0 Å². The smallest absolute Gasteiger partial charge is 0.357 e. The number of benzene rings is 2. The van der Waals surface area contributed by atoms with Gasteiger partial charge in [-0.2, -0.15) is 5.10 Å². The molecule has 8 heteroatoms. The molecule has 0 saturated carbocycles. The first kappa shape index (κ1) is 20.9. The molecule has 1 aliphatic rings. The Bertz CT molecular complexity index is 1120. The monoisotopic (exact) mass is 439 g/mol. The van der Waals surface area contributed by atoms with Gasteiger partial charge in [-0.15, -0.1) is 0 Å². The average Bonchev–Trinajstić information content (AvgIpc) is 3.47. The minimum atomic E-state index is -0.701. The maximum Gasteiger partial charge on any atom is 0.357 e. The number of anilines is 1. The predicted octanol–water partition coefficient (Wildman–Crippen LogP) is 4.37. The van der Waals surface area contributed by atoms with E-state index < -0.39 is 11.9 Å². The molecule has 3 aromatic rings. The van der Waals surface area contributed by atoms with Crippen molar-refractivity contribution < 1.29 is 19.1 Å². The maximum absolute atomic E-state index is 12.7. The molecule has 1 saturated heterocycles. The van der Waals surface area contributed by atoms with Crippen LogP contribution in [0.25, 0.3) is 16.9 Å². The maximum atomic E-state index is 12.7. The van der Waals surface area contributed by atoms with E-state index in [1.807, 2.05) is 36.4 Å². The van der Waals surface area contributed by atoms with Gasteiger partial charge in [0.2, 0.25) is 0 Å². The van der Waals surface area contributed by atoms with Crippen molar-refractivity contribution in [2.24, 2.45) is 0 Å². The first-order chi connectivity index (χ1) is 15.0. The molecule has 31 heavy (non-hydrogen) atoms. The minimum absolute atomic E-state index is 0.00836. The van der Waals surface area contributed by atoms with Crippen LogP contribution in [0.3, 0.4) is 0 Å². The number of halogens is 1. The average molecular weight is 440 g/mol. The van der Waals surface area contributed by atoms with Crippen LogP contribution in [-0.4, -0.2) is 49.0 Å². The summed E-state index contributed by atoms with van der Waals surface area (Å²) in [4.78, 5) is 27.7. The van der Waals surface area contributed by atoms with E-state index in [0.29, 0.717) is 16.3 Å². The molecule has 0 bridgehead atoms. The zero-order valence-corrected chi connectivity index (χ0v) is 18.1. The first-order valence-corrected chi connectivity index (χ1v) is 10.3. The number of para-hydroxylation sites is 1. The number of nitrogens with zero attached hydrogens (tertiary/aromatic N) is 3. The van der Waals surface area contributed by atoms with Gasteiger partial charge < -0.3 is 14.4 Å². The van der Waals surface area contributed by atoms with E-state index in [1.54, 1.807) is 12.1 Å². The number of hydrogen-bond acceptors (Lipinski definition) is 6. The molecule has 0 atom stereocenters. The summed E-state index contributed by atoms with van der Waals surface area (Å²) < 4.78 is 11.3. The summed E-state index contributed by atoms with van der Waals surface area (Å²) in [6, 6.07) is 14.7. The van der Waals surface area contributed by atoms with Crippen molar-refractivity contribution in [3.63, 3.8) is 0 Å². The lowest BCUT2D eigenvalue weighted by atomic mass is 10.0. The molecule has 0 radical (unpaired) electrons. The summed E-state index contributed by atoms with van der Waals surface area (Å²) in [5.41, 5.74) is 2.40. The third-order valence-corrected chi connectivity index (χ3v) is 5.65. The molecule has 0 spiro atoms. The third kappa shape index (κ3) is 3.88. The number of hydrogen-bond donors (Lipinski definition) is 0. The van der Waals surface area contributed by atoms with Crippen molar-refractivity contribution in [2.75, 3.05) is 32.2 Å². The Labute approximate surface area is 185 Å². The van der Waals surface area contributed by atoms with Crippen LogP contribution in [-0.2, 0) is 9.47 Å². The second-order valence-corrected chi connectivity index (χ2v) is 7.57. The largest absolute Gasteiger partial charge is 0.465 e. The molecule has 160 valence electrons. The van der Waals surface area contributed by atoms with E-state index in [4.69, 9.17) is 21.1 Å². The Morgan fingerprint density at radius 3 is 2.23 bits per heavy atom. The van der Waals surface area contributed by atoms with Crippen LogP contribution in [0.1, 0.15) is 33.7 Å². The number of methoxy groups -OCH3 is 2. The van der Waals surface area contributed by atoms with Gasteiger partial charge in [-0.1, -0.05) is 29.8 Å². The van der Waals surface area contributed by atoms with E-state index in [-0.39, 0.29) is 17.0 Å². The summed E-state index contributed by atoms with van der Waals surface area (Å²) >= 11 is 6.64. The van der Waals surface area contributed by atoms with Crippen molar-refractivity contribution in [1.82, 2.24) is 9.78 Å². The Hall–Kier alpha value is -3.32. The fourth-order valence-corrected chi connectivity index (χ4v) is 4.08. The molecule has 4 rings (SSSR count). The van der Waals surface area contributed by atoms with Crippen LogP contribution in [0.15, 0.2) is 48.5 Å². The Kier molecular flexibility index (Phi) is 5.95. The summed E-state index contributed by atoms with van der Waals surface area (Å²) in [5.74, 6) is -1.40. The fourth-order valence-electron chi connectivity index (χ4n) is 3.81. The summed E-state index contributed by atoms with van der Waals surface area (Å²) in [6.07, 6.45) is 2.30. The Morgan fingerprint density at radius 2 is 1.61 bits per heavy atom. The highest BCUT2D eigenvalue weighted by molar-refractivity contribution is 6.33. The zero-order chi connectivity index (χ0) is 22.0. The predicted molar refractivity (Wildman–Crippen MR) is 118 cm³/mol. The van der Waals surface area contributed by atoms with Gasteiger partial charge in [0.25, 0.3) is 0 Å². The van der Waals surface area contributed by atoms with Gasteiger partial charge in [0.15, 0.2) is 5.69 Å². The molecule has 1 aliphatic heterocycles. The minimum Gasteiger partial charge on any atom is -0.465 e. The van der Waals surface area contributed by atoms with Crippen molar-refractivity contribution in [2.45, 2.75) is 12.8 Å². The summed E-state index contributed by atoms with van der Waals surface area (Å²) in [5, 5.41) is 5.03. The SMILES string of the molecule is COC(=O)c1c(-c2ccc(N3CCCC3)cc2Cl)nn(-c2ccccc2)c1C(=O)OC. The number of carbonyl (C=O) groups excluding carboxylic acids is 2. The number of ether oxygens (including phenoxy) is 2. The molecule has 0 amide bonds. The quantitative estimate of drug-likeness (QED) is 0.550. The molecular weight excluding hydrogens is 418 g/mol. The highest BCUT2D eigenvalue weighted by Gasteiger charge is 2.32. The molecule has 1 aromatic heterocycles. The Morgan fingerprint density at radius 1 is 0.935 bits per heavy atom. The Balaban J connectivity index is 1.92. The normalized spacial score (nSPS) is 13.3. The molecule has 7 nitrogen and oxygen atoms in total. The second-order valence-electron chi connectivity index (χ2n) is 7.16. The zero-order valence-electron chi connectivity index (χ0n) is 17.3. The van der Waals surface area contributed by atoms with Gasteiger partial charge in [0.1, 0.15) is 11.3 Å². The lowest BCUT2D eigenvalue weighted by molar-refractivity contribution is 0.0549. The van der Waals surface area contributed by atoms with Crippen molar-refractivity contribution in [1.29, 1.82) is 0 Å². The standard InChI is InChI=1S/C23H22ClN3O4/c1-30-22(28)19-20(17-11-10-16(14-18(17)24)26-12-6-7-13-26)25-27(21(19)23(29)31-2)15-8-4-3-5-9-15/h3-5,8-11,14H,6-7,12-13H2,1-2H3. The molecule has 2 heterocycles. The van der Waals surface area contributed by atoms with E-state index in [2.05, 4.69) is 10.00 Å². The van der Waals surface area contributed by atoms with Gasteiger partial charge in [0.05, 0.1) is 24.9 Å². The van der Waals surface area contributed by atoms with E-state index in [1.165, 1.54) is 18.9 Å². The highest BCUT2D eigenvalue weighted by Crippen LogP contribution is 2.36. The molecule has 0 unspecified atom stereocenters. The van der Waals surface area contributed by atoms with Crippen molar-refractivity contribution in [3.8, 4) is 16.9 Å². The second kappa shape index (κ2) is 8.81. The number of rotatable bonds is 5. The van der Waals surface area contributed by atoms with Crippen molar-refractivity contribution in [3.05, 3.63) is 64.8 Å². The lowest BCUT2D eigenvalue weighted by Crippen LogP contribution is -2.17. The first-order valence-electron chi connectivity index (χ1n) is 9.95. The number of carbonyl (C=O) groups is 2. The molecule has 1 fully saturated rings. The molecule has 0 N–H and O–H groups in total. The van der Waals surface area contributed by atoms with Crippen LogP contribution < -0.4 is 4.90 Å². The summed E-state index contributed by atoms with van der Waals surface area (Å²) in [6.45, 7) is 1.97. The van der Waals surface area contributed by atoms with Gasteiger partial charge in [-0.25, -0.2) is 14.3 Å². The van der Waals surface area contributed by atoms with Crippen molar-refractivity contribution >= 4 is 29.2 Å². The topological polar surface area (TPSA) is 73.7 Å². The summed E-state index contributed by atoms with van der Waals surface area (Å²) in [7, 11) is 2.51. The van der Waals surface area contributed by atoms with E-state index in [9.17, 15) is 9.59 Å². The van der Waals surface area contributed by atoms with Gasteiger partial charge >= 0.3 is 11.9 Å². The van der Waals surface area contributed by atoms with Gasteiger partial charge in [0, 0.05) is 24.3 Å². The van der Waals surface area contributed by atoms with Crippen LogP contribution >= 0.6 is 11.6 Å². The lowest BCUT2D eigenvalue weighted by Gasteiger charge is -2.18. The van der Waals surface area contributed by atoms with Crippen LogP contribution in [0.4, 0.5) is 5.69 Å². The van der Waals surface area contributed by atoms with Crippen LogP contribution in [0.2, 0.25) is 5.02 Å². The number of aromatic nitrogens is 2. The molecular formula is C23H22ClN3O4. The fraction of sp³-hybridized carbons (Fsp3) is 0.261. The highest BCUT2D eigenvalue weighted by atomic mass is 35.5. The van der Waals surface area contributed by atoms with Crippen LogP contribution in [0, 0.1) is 0 Å². The molecule has 2 aromatic carbocycles. The van der Waals surface area contributed by atoms with Gasteiger partial charge in [-0.05, 0) is 43.2 Å². The molecule has 0 aliphatic carbocycles. The van der Waals surface area contributed by atoms with E-state index in [0.717, 1.165) is 31.6 Å². The number of esters is 2.